The summed E-state index contributed by atoms with van der Waals surface area (Å²) < 4.78 is 1.74. The molecule has 160 valence electrons. The van der Waals surface area contributed by atoms with Gasteiger partial charge < -0.3 is 15.5 Å². The second-order valence-electron chi connectivity index (χ2n) is 8.62. The van der Waals surface area contributed by atoms with E-state index in [1.165, 1.54) is 5.56 Å². The SMILES string of the molecule is Cc1ccc(NC(=S)/C(=C(\O)c2ccc(C(C)(C)C)cc2)[n+]2cccc(CO)c2)cc1. The highest BCUT2D eigenvalue weighted by molar-refractivity contribution is 7.81. The van der Waals surface area contributed by atoms with Crippen LogP contribution in [0.4, 0.5) is 5.69 Å². The predicted molar refractivity (Wildman–Crippen MR) is 131 cm³/mol. The first-order valence-electron chi connectivity index (χ1n) is 10.2. The number of aliphatic hydroxyl groups is 2. The molecule has 3 aromatic rings. The lowest BCUT2D eigenvalue weighted by Gasteiger charge is -2.19. The second kappa shape index (κ2) is 9.41. The van der Waals surface area contributed by atoms with Crippen LogP contribution in [0.3, 0.4) is 0 Å². The van der Waals surface area contributed by atoms with Gasteiger partial charge in [0.1, 0.15) is 0 Å². The molecule has 1 heterocycles. The van der Waals surface area contributed by atoms with Crippen molar-refractivity contribution in [2.75, 3.05) is 5.32 Å². The summed E-state index contributed by atoms with van der Waals surface area (Å²) >= 11 is 5.70. The average molecular weight is 434 g/mol. The van der Waals surface area contributed by atoms with Crippen LogP contribution in [0.1, 0.15) is 43.0 Å². The monoisotopic (exact) mass is 433 g/mol. The molecule has 0 fully saturated rings. The number of aliphatic hydroxyl groups excluding tert-OH is 2. The third-order valence-corrected chi connectivity index (χ3v) is 5.37. The van der Waals surface area contributed by atoms with Crippen LogP contribution in [-0.2, 0) is 12.0 Å². The van der Waals surface area contributed by atoms with E-state index in [0.717, 1.165) is 11.3 Å². The highest BCUT2D eigenvalue weighted by atomic mass is 32.1. The summed E-state index contributed by atoms with van der Waals surface area (Å²) in [6.45, 7) is 8.38. The molecule has 0 bridgehead atoms. The summed E-state index contributed by atoms with van der Waals surface area (Å²) in [5.74, 6) is 0.0603. The Labute approximate surface area is 189 Å². The van der Waals surface area contributed by atoms with Crippen molar-refractivity contribution in [1.82, 2.24) is 0 Å². The smallest absolute Gasteiger partial charge is 0.288 e. The van der Waals surface area contributed by atoms with Gasteiger partial charge >= 0.3 is 0 Å². The Morgan fingerprint density at radius 1 is 1.00 bits per heavy atom. The third-order valence-electron chi connectivity index (χ3n) is 5.08. The van der Waals surface area contributed by atoms with E-state index < -0.39 is 0 Å². The van der Waals surface area contributed by atoms with Gasteiger partial charge in [-0.05, 0) is 36.1 Å². The predicted octanol–water partition coefficient (Wildman–Crippen LogP) is 5.40. The molecular weight excluding hydrogens is 404 g/mol. The minimum atomic E-state index is -0.104. The highest BCUT2D eigenvalue weighted by Crippen LogP contribution is 2.25. The zero-order valence-electron chi connectivity index (χ0n) is 18.4. The van der Waals surface area contributed by atoms with Crippen molar-refractivity contribution in [2.24, 2.45) is 0 Å². The van der Waals surface area contributed by atoms with Gasteiger partial charge in [-0.25, -0.2) is 0 Å². The number of thiocarbonyl (C=S) groups is 1. The zero-order valence-corrected chi connectivity index (χ0v) is 19.2. The summed E-state index contributed by atoms with van der Waals surface area (Å²) in [5.41, 5.74) is 5.01. The Morgan fingerprint density at radius 2 is 1.65 bits per heavy atom. The number of anilines is 1. The summed E-state index contributed by atoms with van der Waals surface area (Å²) in [5, 5.41) is 24.0. The molecule has 0 spiro atoms. The quantitative estimate of drug-likeness (QED) is 0.218. The summed E-state index contributed by atoms with van der Waals surface area (Å²) in [6.07, 6.45) is 3.57. The summed E-state index contributed by atoms with van der Waals surface area (Å²) in [6, 6.07) is 19.4. The average Bonchev–Trinajstić information content (AvgIpc) is 2.75. The van der Waals surface area contributed by atoms with Gasteiger partial charge in [0.15, 0.2) is 23.1 Å². The van der Waals surface area contributed by atoms with E-state index in [1.807, 2.05) is 67.6 Å². The number of hydrogen-bond acceptors (Lipinski definition) is 3. The van der Waals surface area contributed by atoms with Crippen LogP contribution in [-0.4, -0.2) is 15.2 Å². The number of nitrogens with zero attached hydrogens (tertiary/aromatic N) is 1. The van der Waals surface area contributed by atoms with Crippen molar-refractivity contribution < 1.29 is 14.8 Å². The fourth-order valence-electron chi connectivity index (χ4n) is 3.20. The third kappa shape index (κ3) is 5.57. The number of rotatable bonds is 5. The molecule has 0 saturated heterocycles. The molecule has 4 nitrogen and oxygen atoms in total. The molecule has 31 heavy (non-hydrogen) atoms. The standard InChI is InChI=1S/C26H28N2O2S/c1-18-7-13-22(14-8-18)27-25(31)23(28-15-5-6-19(16-28)17-29)24(30)20-9-11-21(12-10-20)26(2,3)4/h5-16,29H,17H2,1-4H3,(H-,27,30,31)/p+1. The molecule has 0 saturated carbocycles. The normalized spacial score (nSPS) is 12.3. The molecule has 3 rings (SSSR count). The van der Waals surface area contributed by atoms with Gasteiger partial charge in [0, 0.05) is 22.9 Å². The first-order chi connectivity index (χ1) is 14.7. The van der Waals surface area contributed by atoms with Gasteiger partial charge in [0.25, 0.3) is 5.70 Å². The highest BCUT2D eigenvalue weighted by Gasteiger charge is 2.25. The number of benzene rings is 2. The first-order valence-corrected chi connectivity index (χ1v) is 10.6. The largest absolute Gasteiger partial charge is 0.502 e. The molecule has 0 amide bonds. The fourth-order valence-corrected chi connectivity index (χ4v) is 3.52. The van der Waals surface area contributed by atoms with Crippen LogP contribution < -0.4 is 9.88 Å². The lowest BCUT2D eigenvalue weighted by Crippen LogP contribution is -2.39. The molecule has 0 aliphatic carbocycles. The zero-order chi connectivity index (χ0) is 22.6. The van der Waals surface area contributed by atoms with E-state index in [0.29, 0.717) is 21.8 Å². The van der Waals surface area contributed by atoms with E-state index in [9.17, 15) is 10.2 Å². The molecule has 3 N–H and O–H groups in total. The Bertz CT molecular complexity index is 1100. The number of hydrogen-bond donors (Lipinski definition) is 3. The summed E-state index contributed by atoms with van der Waals surface area (Å²) in [7, 11) is 0. The van der Waals surface area contributed by atoms with Crippen molar-refractivity contribution in [3.8, 4) is 0 Å². The van der Waals surface area contributed by atoms with Crippen LogP contribution in [0.15, 0.2) is 73.1 Å². The maximum absolute atomic E-state index is 11.3. The molecule has 0 unspecified atom stereocenters. The minimum absolute atomic E-state index is 0.0210. The molecule has 0 aliphatic rings. The molecule has 0 radical (unpaired) electrons. The van der Waals surface area contributed by atoms with E-state index in [-0.39, 0.29) is 17.8 Å². The molecular formula is C26H29N2O2S+. The van der Waals surface area contributed by atoms with Gasteiger partial charge in [-0.1, -0.05) is 75.0 Å². The van der Waals surface area contributed by atoms with Crippen LogP contribution in [0, 0.1) is 6.92 Å². The van der Waals surface area contributed by atoms with Crippen LogP contribution >= 0.6 is 12.2 Å². The van der Waals surface area contributed by atoms with Crippen LogP contribution in [0.5, 0.6) is 0 Å². The molecule has 1 aromatic heterocycles. The lowest BCUT2D eigenvalue weighted by atomic mass is 9.86. The van der Waals surface area contributed by atoms with Gasteiger partial charge in [-0.3, -0.25) is 0 Å². The van der Waals surface area contributed by atoms with Gasteiger partial charge in [0.05, 0.1) is 6.61 Å². The number of pyridine rings is 1. The van der Waals surface area contributed by atoms with Gasteiger partial charge in [-0.15, -0.1) is 0 Å². The topological polar surface area (TPSA) is 56.4 Å². The van der Waals surface area contributed by atoms with E-state index in [1.54, 1.807) is 17.0 Å². The molecule has 0 aliphatic heterocycles. The van der Waals surface area contributed by atoms with Crippen molar-refractivity contribution in [3.63, 3.8) is 0 Å². The van der Waals surface area contributed by atoms with Crippen molar-refractivity contribution >= 4 is 34.3 Å². The number of nitrogens with one attached hydrogen (secondary N) is 1. The van der Waals surface area contributed by atoms with Crippen molar-refractivity contribution in [3.05, 3.63) is 95.3 Å². The fraction of sp³-hybridized carbons (Fsp3) is 0.231. The van der Waals surface area contributed by atoms with Crippen molar-refractivity contribution in [2.45, 2.75) is 39.7 Å². The Balaban J connectivity index is 2.07. The summed E-state index contributed by atoms with van der Waals surface area (Å²) in [4.78, 5) is 0.376. The van der Waals surface area contributed by atoms with Crippen LogP contribution in [0.25, 0.3) is 11.5 Å². The minimum Gasteiger partial charge on any atom is -0.502 e. The number of aryl methyl sites for hydroxylation is 1. The maximum Gasteiger partial charge on any atom is 0.288 e. The Morgan fingerprint density at radius 3 is 2.23 bits per heavy atom. The van der Waals surface area contributed by atoms with Crippen LogP contribution in [0.2, 0.25) is 0 Å². The first kappa shape index (κ1) is 22.7. The molecule has 0 atom stereocenters. The maximum atomic E-state index is 11.3. The van der Waals surface area contributed by atoms with Gasteiger partial charge in [-0.2, -0.15) is 4.57 Å². The number of aromatic nitrogens is 1. The molecule has 2 aromatic carbocycles. The van der Waals surface area contributed by atoms with E-state index >= 15 is 0 Å². The van der Waals surface area contributed by atoms with Crippen molar-refractivity contribution in [1.29, 1.82) is 0 Å². The Hall–Kier alpha value is -3.02. The Kier molecular flexibility index (Phi) is 6.88. The second-order valence-corrected chi connectivity index (χ2v) is 9.03. The molecule has 5 heteroatoms. The van der Waals surface area contributed by atoms with E-state index in [2.05, 4.69) is 26.1 Å². The van der Waals surface area contributed by atoms with E-state index in [4.69, 9.17) is 12.2 Å². The van der Waals surface area contributed by atoms with Gasteiger partial charge in [0.2, 0.25) is 0 Å². The lowest BCUT2D eigenvalue weighted by molar-refractivity contribution is -0.576.